The summed E-state index contributed by atoms with van der Waals surface area (Å²) in [6, 6.07) is 10.3. The number of rotatable bonds is 10. The molecule has 1 aromatic carbocycles. The molecule has 0 amide bonds. The van der Waals surface area contributed by atoms with Crippen LogP contribution < -0.4 is 5.32 Å². The first-order valence-electron chi connectivity index (χ1n) is 9.21. The Bertz CT molecular complexity index is 663. The third-order valence-corrected chi connectivity index (χ3v) is 4.65. The molecule has 0 atom stereocenters. The third kappa shape index (κ3) is 9.53. The van der Waals surface area contributed by atoms with Crippen molar-refractivity contribution >= 4 is 41.3 Å². The van der Waals surface area contributed by atoms with Crippen molar-refractivity contribution in [2.45, 2.75) is 39.8 Å². The van der Waals surface area contributed by atoms with E-state index in [4.69, 9.17) is 9.73 Å². The number of aryl methyl sites for hydroxylation is 1. The fourth-order valence-corrected chi connectivity index (χ4v) is 3.14. The van der Waals surface area contributed by atoms with Gasteiger partial charge in [-0.15, -0.1) is 35.3 Å². The largest absolute Gasteiger partial charge is 0.377 e. The Morgan fingerprint density at radius 1 is 1.26 bits per heavy atom. The maximum Gasteiger partial charge on any atom is 0.194 e. The minimum absolute atomic E-state index is 0. The van der Waals surface area contributed by atoms with E-state index in [0.29, 0.717) is 6.61 Å². The van der Waals surface area contributed by atoms with Crippen LogP contribution in [0.15, 0.2) is 40.7 Å². The van der Waals surface area contributed by atoms with Gasteiger partial charge < -0.3 is 15.0 Å². The quantitative estimate of drug-likeness (QED) is 0.226. The van der Waals surface area contributed by atoms with Crippen molar-refractivity contribution < 1.29 is 4.74 Å². The molecule has 0 aliphatic heterocycles. The molecule has 27 heavy (non-hydrogen) atoms. The Hall–Kier alpha value is -1.19. The zero-order chi connectivity index (χ0) is 18.6. The highest BCUT2D eigenvalue weighted by Gasteiger charge is 2.08. The van der Waals surface area contributed by atoms with Gasteiger partial charge in [0.2, 0.25) is 0 Å². The van der Waals surface area contributed by atoms with Crippen LogP contribution in [0.1, 0.15) is 36.0 Å². The molecule has 7 heteroatoms. The number of aliphatic imine (C=N–C) groups is 1. The summed E-state index contributed by atoms with van der Waals surface area (Å²) in [5.74, 6) is 0.934. The van der Waals surface area contributed by atoms with Gasteiger partial charge in [-0.2, -0.15) is 0 Å². The van der Waals surface area contributed by atoms with E-state index in [1.54, 1.807) is 11.3 Å². The summed E-state index contributed by atoms with van der Waals surface area (Å²) in [6.45, 7) is 8.02. The lowest BCUT2D eigenvalue weighted by Gasteiger charge is -2.21. The first-order chi connectivity index (χ1) is 12.7. The molecule has 0 unspecified atom stereocenters. The van der Waals surface area contributed by atoms with Gasteiger partial charge in [0.05, 0.1) is 23.9 Å². The van der Waals surface area contributed by atoms with Gasteiger partial charge in [-0.3, -0.25) is 4.99 Å². The molecular formula is C20H31IN4OS. The topological polar surface area (TPSA) is 49.8 Å². The SMILES string of the molecule is CCNC(=NCCCCOCc1ccccc1)N(C)Cc1csc(C)n1.I. The Morgan fingerprint density at radius 2 is 2.04 bits per heavy atom. The summed E-state index contributed by atoms with van der Waals surface area (Å²) >= 11 is 1.69. The van der Waals surface area contributed by atoms with Crippen molar-refractivity contribution in [3.8, 4) is 0 Å². The van der Waals surface area contributed by atoms with E-state index < -0.39 is 0 Å². The van der Waals surface area contributed by atoms with Gasteiger partial charge in [-0.25, -0.2) is 4.98 Å². The summed E-state index contributed by atoms with van der Waals surface area (Å²) in [4.78, 5) is 11.4. The van der Waals surface area contributed by atoms with Gasteiger partial charge in [-0.1, -0.05) is 30.3 Å². The summed E-state index contributed by atoms with van der Waals surface area (Å²) in [7, 11) is 2.05. The maximum absolute atomic E-state index is 5.72. The van der Waals surface area contributed by atoms with Crippen molar-refractivity contribution in [1.29, 1.82) is 0 Å². The molecule has 0 saturated heterocycles. The number of hydrogen-bond acceptors (Lipinski definition) is 4. The molecule has 1 aromatic heterocycles. The number of halogens is 1. The number of aromatic nitrogens is 1. The lowest BCUT2D eigenvalue weighted by Crippen LogP contribution is -2.38. The smallest absolute Gasteiger partial charge is 0.194 e. The molecule has 0 bridgehead atoms. The summed E-state index contributed by atoms with van der Waals surface area (Å²) in [6.07, 6.45) is 2.04. The fourth-order valence-electron chi connectivity index (χ4n) is 2.53. The highest BCUT2D eigenvalue weighted by atomic mass is 127. The van der Waals surface area contributed by atoms with E-state index >= 15 is 0 Å². The van der Waals surface area contributed by atoms with E-state index in [1.165, 1.54) is 5.56 Å². The van der Waals surface area contributed by atoms with Crippen LogP contribution in [0.2, 0.25) is 0 Å². The molecule has 5 nitrogen and oxygen atoms in total. The zero-order valence-electron chi connectivity index (χ0n) is 16.5. The van der Waals surface area contributed by atoms with Crippen molar-refractivity contribution in [1.82, 2.24) is 15.2 Å². The van der Waals surface area contributed by atoms with Crippen molar-refractivity contribution in [2.75, 3.05) is 26.7 Å². The Kier molecular flexibility index (Phi) is 12.3. The molecule has 0 radical (unpaired) electrons. The van der Waals surface area contributed by atoms with Gasteiger partial charge in [0.15, 0.2) is 5.96 Å². The monoisotopic (exact) mass is 502 g/mol. The Labute approximate surface area is 184 Å². The molecule has 1 N–H and O–H groups in total. The molecule has 2 rings (SSSR count). The number of nitrogens with one attached hydrogen (secondary N) is 1. The molecule has 0 saturated carbocycles. The highest BCUT2D eigenvalue weighted by Crippen LogP contribution is 2.10. The van der Waals surface area contributed by atoms with Crippen LogP contribution in [0, 0.1) is 6.92 Å². The predicted octanol–water partition coefficient (Wildman–Crippen LogP) is 4.46. The van der Waals surface area contributed by atoms with Gasteiger partial charge >= 0.3 is 0 Å². The van der Waals surface area contributed by atoms with Crippen LogP contribution in [-0.2, 0) is 17.9 Å². The zero-order valence-corrected chi connectivity index (χ0v) is 19.6. The summed E-state index contributed by atoms with van der Waals surface area (Å²) in [5.41, 5.74) is 2.31. The molecule has 0 aliphatic rings. The number of thiazole rings is 1. The number of nitrogens with zero attached hydrogens (tertiary/aromatic N) is 3. The molecule has 1 heterocycles. The minimum Gasteiger partial charge on any atom is -0.377 e. The molecule has 150 valence electrons. The third-order valence-electron chi connectivity index (χ3n) is 3.83. The molecule has 2 aromatic rings. The molecular weight excluding hydrogens is 471 g/mol. The van der Waals surface area contributed by atoms with E-state index in [9.17, 15) is 0 Å². The number of unbranched alkanes of at least 4 members (excludes halogenated alkanes) is 1. The van der Waals surface area contributed by atoms with Crippen LogP contribution in [-0.4, -0.2) is 42.6 Å². The molecule has 0 fully saturated rings. The van der Waals surface area contributed by atoms with Crippen LogP contribution in [0.4, 0.5) is 0 Å². The predicted molar refractivity (Wildman–Crippen MR) is 125 cm³/mol. The van der Waals surface area contributed by atoms with E-state index in [-0.39, 0.29) is 24.0 Å². The summed E-state index contributed by atoms with van der Waals surface area (Å²) < 4.78 is 5.72. The van der Waals surface area contributed by atoms with Gasteiger partial charge in [0.1, 0.15) is 0 Å². The fraction of sp³-hybridized carbons (Fsp3) is 0.500. The van der Waals surface area contributed by atoms with Crippen molar-refractivity contribution in [3.63, 3.8) is 0 Å². The number of guanidine groups is 1. The van der Waals surface area contributed by atoms with Crippen molar-refractivity contribution in [3.05, 3.63) is 52.0 Å². The van der Waals surface area contributed by atoms with E-state index in [0.717, 1.165) is 55.7 Å². The average molecular weight is 502 g/mol. The number of hydrogen-bond donors (Lipinski definition) is 1. The lowest BCUT2D eigenvalue weighted by molar-refractivity contribution is 0.117. The second-order valence-electron chi connectivity index (χ2n) is 6.19. The second-order valence-corrected chi connectivity index (χ2v) is 7.26. The second kappa shape index (κ2) is 13.9. The van der Waals surface area contributed by atoms with E-state index in [2.05, 4.69) is 46.7 Å². The first kappa shape index (κ1) is 23.8. The maximum atomic E-state index is 5.72. The highest BCUT2D eigenvalue weighted by molar-refractivity contribution is 14.0. The van der Waals surface area contributed by atoms with Crippen LogP contribution in [0.25, 0.3) is 0 Å². The minimum atomic E-state index is 0. The van der Waals surface area contributed by atoms with E-state index in [1.807, 2.05) is 25.1 Å². The van der Waals surface area contributed by atoms with Gasteiger partial charge in [0, 0.05) is 32.1 Å². The van der Waals surface area contributed by atoms with Crippen LogP contribution >= 0.6 is 35.3 Å². The van der Waals surface area contributed by atoms with Crippen LogP contribution in [0.5, 0.6) is 0 Å². The number of benzene rings is 1. The first-order valence-corrected chi connectivity index (χ1v) is 10.1. The van der Waals surface area contributed by atoms with Crippen LogP contribution in [0.3, 0.4) is 0 Å². The molecule has 0 spiro atoms. The molecule has 0 aliphatic carbocycles. The normalized spacial score (nSPS) is 11.1. The summed E-state index contributed by atoms with van der Waals surface area (Å²) in [5, 5.41) is 6.57. The standard InChI is InChI=1S/C20H30N4OS.HI/c1-4-21-20(24(3)14-19-16-26-17(2)23-19)22-12-8-9-13-25-15-18-10-6-5-7-11-18;/h5-7,10-11,16H,4,8-9,12-15H2,1-3H3,(H,21,22);1H. The Morgan fingerprint density at radius 3 is 2.70 bits per heavy atom. The lowest BCUT2D eigenvalue weighted by atomic mass is 10.2. The van der Waals surface area contributed by atoms with Crippen molar-refractivity contribution in [2.24, 2.45) is 4.99 Å². The Balaban J connectivity index is 0.00000364. The average Bonchev–Trinajstić information content (AvgIpc) is 3.05. The van der Waals surface area contributed by atoms with Gasteiger partial charge in [0.25, 0.3) is 0 Å². The van der Waals surface area contributed by atoms with Gasteiger partial charge in [-0.05, 0) is 32.3 Å². The number of ether oxygens (including phenoxy) is 1.